The van der Waals surface area contributed by atoms with Gasteiger partial charge in [-0.25, -0.2) is 0 Å². The van der Waals surface area contributed by atoms with Crippen LogP contribution in [0.25, 0.3) is 72.1 Å². The molecule has 5 nitrogen and oxygen atoms in total. The van der Waals surface area contributed by atoms with Gasteiger partial charge in [-0.05, 0) is 34.7 Å². The zero-order valence-electron chi connectivity index (χ0n) is 27.3. The average molecular weight is 813 g/mol. The van der Waals surface area contributed by atoms with Crippen LogP contribution in [0.2, 0.25) is 0 Å². The molecule has 0 aliphatic heterocycles. The molecule has 0 bridgehead atoms. The Balaban J connectivity index is 0.000000246. The molecule has 4 aromatic heterocycles. The number of pyridine rings is 2. The van der Waals surface area contributed by atoms with Crippen molar-refractivity contribution in [1.82, 2.24) is 19.5 Å². The first-order valence-corrected chi connectivity index (χ1v) is 16.0. The van der Waals surface area contributed by atoms with E-state index in [4.69, 9.17) is 9.40 Å². The third-order valence-electron chi connectivity index (χ3n) is 8.59. The zero-order chi connectivity index (χ0) is 32.7. The molecular formula is C43H32IrN4O-2. The van der Waals surface area contributed by atoms with Crippen molar-refractivity contribution in [3.8, 4) is 28.3 Å². The van der Waals surface area contributed by atoms with E-state index in [9.17, 15) is 0 Å². The van der Waals surface area contributed by atoms with E-state index < -0.39 is 0 Å². The van der Waals surface area contributed by atoms with Gasteiger partial charge in [0.1, 0.15) is 5.58 Å². The molecule has 0 spiro atoms. The molecule has 1 radical (unpaired) electrons. The van der Waals surface area contributed by atoms with E-state index in [1.165, 1.54) is 0 Å². The Hall–Kier alpha value is -5.42. The Bertz CT molecular complexity index is 2500. The summed E-state index contributed by atoms with van der Waals surface area (Å²) in [6, 6.07) is 47.3. The second-order valence-electron chi connectivity index (χ2n) is 12.8. The molecule has 0 fully saturated rings. The molecule has 5 aromatic carbocycles. The van der Waals surface area contributed by atoms with Crippen LogP contribution >= 0.6 is 0 Å². The first kappa shape index (κ1) is 32.1. The van der Waals surface area contributed by atoms with Crippen LogP contribution in [0, 0.1) is 12.1 Å². The van der Waals surface area contributed by atoms with E-state index in [0.29, 0.717) is 0 Å². The molecule has 0 N–H and O–H groups in total. The molecule has 0 aliphatic rings. The fourth-order valence-electron chi connectivity index (χ4n) is 6.26. The summed E-state index contributed by atoms with van der Waals surface area (Å²) < 4.78 is 8.81. The van der Waals surface area contributed by atoms with E-state index in [-0.39, 0.29) is 25.5 Å². The van der Waals surface area contributed by atoms with E-state index in [1.54, 1.807) is 6.20 Å². The van der Waals surface area contributed by atoms with E-state index >= 15 is 0 Å². The second-order valence-corrected chi connectivity index (χ2v) is 12.8. The molecule has 9 aromatic rings. The first-order valence-electron chi connectivity index (χ1n) is 16.0. The van der Waals surface area contributed by atoms with E-state index in [0.717, 1.165) is 77.6 Å². The molecular weight excluding hydrogens is 781 g/mol. The number of nitrogens with zero attached hydrogens (tertiary/aromatic N) is 4. The molecule has 0 aliphatic carbocycles. The zero-order valence-corrected chi connectivity index (χ0v) is 29.7. The molecule has 49 heavy (non-hydrogen) atoms. The van der Waals surface area contributed by atoms with Gasteiger partial charge in [0.25, 0.3) is 0 Å². The fraction of sp³-hybridized carbons (Fsp3) is 0.0930. The van der Waals surface area contributed by atoms with Gasteiger partial charge in [0.15, 0.2) is 0 Å². The molecule has 241 valence electrons. The number of furan rings is 1. The summed E-state index contributed by atoms with van der Waals surface area (Å²) in [6.45, 7) is 6.59. The van der Waals surface area contributed by atoms with E-state index in [2.05, 4.69) is 102 Å². The van der Waals surface area contributed by atoms with Crippen LogP contribution in [-0.4, -0.2) is 19.5 Å². The van der Waals surface area contributed by atoms with Crippen molar-refractivity contribution in [3.05, 3.63) is 158 Å². The number of imidazole rings is 1. The van der Waals surface area contributed by atoms with Crippen LogP contribution in [-0.2, 0) is 25.5 Å². The van der Waals surface area contributed by atoms with Crippen molar-refractivity contribution in [2.24, 2.45) is 0 Å². The van der Waals surface area contributed by atoms with Crippen molar-refractivity contribution in [2.75, 3.05) is 0 Å². The van der Waals surface area contributed by atoms with Crippen molar-refractivity contribution in [1.29, 1.82) is 0 Å². The number of para-hydroxylation sites is 1. The third-order valence-corrected chi connectivity index (χ3v) is 8.59. The van der Waals surface area contributed by atoms with Gasteiger partial charge in [0, 0.05) is 54.5 Å². The Kier molecular flexibility index (Phi) is 8.68. The molecule has 0 saturated heterocycles. The Labute approximate surface area is 298 Å². The summed E-state index contributed by atoms with van der Waals surface area (Å²) in [5.41, 5.74) is 8.48. The molecule has 6 heteroatoms. The second kappa shape index (κ2) is 13.2. The largest absolute Gasteiger partial charge is 0.500 e. The average Bonchev–Trinajstić information content (AvgIpc) is 3.72. The van der Waals surface area contributed by atoms with Crippen LogP contribution in [0.1, 0.15) is 26.3 Å². The van der Waals surface area contributed by atoms with Crippen LogP contribution in [0.4, 0.5) is 0 Å². The van der Waals surface area contributed by atoms with Gasteiger partial charge in [-0.15, -0.1) is 54.1 Å². The molecule has 0 atom stereocenters. The normalized spacial score (nSPS) is 11.4. The summed E-state index contributed by atoms with van der Waals surface area (Å²) in [5, 5.41) is 4.42. The maximum absolute atomic E-state index is 6.64. The fourth-order valence-corrected chi connectivity index (χ4v) is 6.26. The minimum Gasteiger partial charge on any atom is -0.500 e. The van der Waals surface area contributed by atoms with Gasteiger partial charge in [0.05, 0.1) is 28.6 Å². The third kappa shape index (κ3) is 5.95. The van der Waals surface area contributed by atoms with Crippen LogP contribution in [0.15, 0.2) is 144 Å². The summed E-state index contributed by atoms with van der Waals surface area (Å²) >= 11 is 0. The summed E-state index contributed by atoms with van der Waals surface area (Å²) in [4.78, 5) is 14.1. The minimum atomic E-state index is -0.104. The van der Waals surface area contributed by atoms with Crippen LogP contribution in [0.5, 0.6) is 0 Å². The molecule has 0 unspecified atom stereocenters. The summed E-state index contributed by atoms with van der Waals surface area (Å²) in [7, 11) is 0. The van der Waals surface area contributed by atoms with Crippen LogP contribution in [0.3, 0.4) is 0 Å². The van der Waals surface area contributed by atoms with E-state index in [1.807, 2.05) is 79.1 Å². The van der Waals surface area contributed by atoms with Gasteiger partial charge < -0.3 is 14.0 Å². The van der Waals surface area contributed by atoms with Crippen molar-refractivity contribution in [2.45, 2.75) is 26.2 Å². The number of benzene rings is 5. The van der Waals surface area contributed by atoms with Crippen LogP contribution < -0.4 is 0 Å². The summed E-state index contributed by atoms with van der Waals surface area (Å²) in [5.74, 6) is 0.795. The molecule has 0 saturated carbocycles. The maximum atomic E-state index is 6.64. The monoisotopic (exact) mass is 813 g/mol. The SMILES string of the molecule is CC(C)(C)c1cncc2c1nc(-c1[c-]ccc3c1oc1c4ccccc4ccc31)n2-c1ccccc1.[Ir].[c-]1ccccc1-c1ccccn1. The quantitative estimate of drug-likeness (QED) is 0.167. The Morgan fingerprint density at radius 1 is 0.673 bits per heavy atom. The van der Waals surface area contributed by atoms with Gasteiger partial charge in [0.2, 0.25) is 0 Å². The number of hydrogen-bond donors (Lipinski definition) is 0. The number of fused-ring (bicyclic) bond motifs is 6. The van der Waals surface area contributed by atoms with Crippen molar-refractivity contribution < 1.29 is 24.5 Å². The van der Waals surface area contributed by atoms with Gasteiger partial charge >= 0.3 is 0 Å². The Morgan fingerprint density at radius 3 is 2.22 bits per heavy atom. The standard InChI is InChI=1S/C32H24N3O.C11H8N.Ir/c1-32(2,3)26-18-33-19-27-28(26)34-31(35(27)21-11-5-4-6-12-21)25-15-9-14-23-24-17-16-20-10-7-8-13-22(20)29(24)36-30(23)25;1-2-6-10(7-3-1)11-8-4-5-9-12-11;/h4-14,16-19H,1-3H3;1-6,8-9H;/q2*-1;. The topological polar surface area (TPSA) is 56.7 Å². The van der Waals surface area contributed by atoms with Crippen molar-refractivity contribution in [3.63, 3.8) is 0 Å². The van der Waals surface area contributed by atoms with Crippen molar-refractivity contribution >= 4 is 43.7 Å². The predicted octanol–water partition coefficient (Wildman–Crippen LogP) is 10.8. The molecule has 4 heterocycles. The maximum Gasteiger partial charge on any atom is 0.128 e. The first-order chi connectivity index (χ1) is 23.5. The molecule has 0 amide bonds. The molecule has 9 rings (SSSR count). The minimum absolute atomic E-state index is 0. The predicted molar refractivity (Wildman–Crippen MR) is 195 cm³/mol. The van der Waals surface area contributed by atoms with Gasteiger partial charge in [-0.1, -0.05) is 98.5 Å². The number of hydrogen-bond acceptors (Lipinski definition) is 4. The van der Waals surface area contributed by atoms with Gasteiger partial charge in [-0.3, -0.25) is 9.97 Å². The smallest absolute Gasteiger partial charge is 0.128 e. The number of aromatic nitrogens is 4. The van der Waals surface area contributed by atoms with Gasteiger partial charge in [-0.2, -0.15) is 0 Å². The summed E-state index contributed by atoms with van der Waals surface area (Å²) in [6.07, 6.45) is 5.63. The number of rotatable bonds is 3. The Morgan fingerprint density at radius 2 is 1.45 bits per heavy atom.